The summed E-state index contributed by atoms with van der Waals surface area (Å²) in [7, 11) is 0. The smallest absolute Gasteiger partial charge is 0.364 e. The Bertz CT molecular complexity index is 2040. The first kappa shape index (κ1) is 48.4. The average Bonchev–Trinajstić information content (AvgIpc) is 3.63. The number of aromatic nitrogens is 3. The van der Waals surface area contributed by atoms with Gasteiger partial charge in [-0.05, 0) is 24.0 Å². The van der Waals surface area contributed by atoms with Gasteiger partial charge in [-0.3, -0.25) is 14.4 Å². The number of Topliss-reactive ketones (excluding diaryl/α,β-unsaturated/α-hetero) is 1. The number of aliphatic hydroxyl groups is 7. The van der Waals surface area contributed by atoms with Crippen LogP contribution >= 0.6 is 0 Å². The molecule has 3 heterocycles. The minimum absolute atomic E-state index is 0. The third-order valence-corrected chi connectivity index (χ3v) is 11.1. The molecule has 1 radical (unpaired) electrons. The van der Waals surface area contributed by atoms with Gasteiger partial charge in [0.1, 0.15) is 54.2 Å². The van der Waals surface area contributed by atoms with Crippen molar-refractivity contribution in [1.82, 2.24) is 25.6 Å². The predicted octanol–water partition coefficient (Wildman–Crippen LogP) is -1.90. The van der Waals surface area contributed by atoms with Gasteiger partial charge in [-0.1, -0.05) is 60.7 Å². The van der Waals surface area contributed by atoms with E-state index in [1.54, 1.807) is 30.3 Å². The Balaban J connectivity index is 0.00000704. The summed E-state index contributed by atoms with van der Waals surface area (Å²) in [5, 5.41) is 99.5. The van der Waals surface area contributed by atoms with E-state index in [0.717, 1.165) is 18.9 Å². The summed E-state index contributed by atoms with van der Waals surface area (Å²) < 4.78 is 17.8. The number of ketones is 1. The Kier molecular flexibility index (Phi) is 16.4. The summed E-state index contributed by atoms with van der Waals surface area (Å²) >= 11 is 0. The Morgan fingerprint density at radius 2 is 1.66 bits per heavy atom. The fourth-order valence-corrected chi connectivity index (χ4v) is 7.96. The van der Waals surface area contributed by atoms with Crippen LogP contribution in [0, 0.1) is 0 Å². The largest absolute Gasteiger partial charge is 0.477 e. The molecule has 21 heteroatoms. The number of carbonyl (C=O) groups excluding carboxylic acids is 3. The monoisotopic (exact) mass is 930 g/mol. The molecule has 0 spiro atoms. The van der Waals surface area contributed by atoms with Crippen LogP contribution in [0.2, 0.25) is 0 Å². The van der Waals surface area contributed by atoms with Gasteiger partial charge in [-0.25, -0.2) is 9.48 Å². The zero-order valence-electron chi connectivity index (χ0n) is 33.5. The maximum Gasteiger partial charge on any atom is 0.364 e. The van der Waals surface area contributed by atoms with Crippen LogP contribution in [0.25, 0.3) is 22.5 Å². The first-order valence-electron chi connectivity index (χ1n) is 19.7. The second kappa shape index (κ2) is 20.7. The molecule has 0 saturated carbocycles. The summed E-state index contributed by atoms with van der Waals surface area (Å²) in [6.45, 7) is 2.14. The minimum Gasteiger partial charge on any atom is -0.477 e. The molecule has 2 aromatic carbocycles. The van der Waals surface area contributed by atoms with Crippen molar-refractivity contribution >= 4 is 23.6 Å². The normalized spacial score (nSPS) is 29.2. The van der Waals surface area contributed by atoms with Gasteiger partial charge in [-0.15, -0.1) is 5.10 Å². The molecule has 2 aliphatic heterocycles. The van der Waals surface area contributed by atoms with E-state index < -0.39 is 104 Å². The van der Waals surface area contributed by atoms with Gasteiger partial charge in [0.05, 0.1) is 31.0 Å². The number of nitrogens with zero attached hydrogens (tertiary/aromatic N) is 3. The van der Waals surface area contributed by atoms with E-state index in [1.165, 1.54) is 4.68 Å². The quantitative estimate of drug-likeness (QED) is 0.0796. The fourth-order valence-electron chi connectivity index (χ4n) is 7.96. The second-order valence-corrected chi connectivity index (χ2v) is 15.3. The van der Waals surface area contributed by atoms with Crippen molar-refractivity contribution in [2.45, 2.75) is 125 Å². The predicted molar refractivity (Wildman–Crippen MR) is 205 cm³/mol. The third-order valence-electron chi connectivity index (χ3n) is 11.1. The molecule has 61 heavy (non-hydrogen) atoms. The number of hydrogen-bond donors (Lipinski definition) is 10. The molecule has 329 valence electrons. The Morgan fingerprint density at radius 3 is 2.34 bits per heavy atom. The minimum atomic E-state index is -2.81. The van der Waals surface area contributed by atoms with Crippen molar-refractivity contribution in [1.29, 1.82) is 0 Å². The Labute approximate surface area is 375 Å². The fraction of sp³-hybridized carbons (Fsp3) is 0.550. The zero-order chi connectivity index (χ0) is 43.5. The molecule has 20 nitrogen and oxygen atoms in total. The summed E-state index contributed by atoms with van der Waals surface area (Å²) in [6.07, 6.45) is -16.6. The van der Waals surface area contributed by atoms with Gasteiger partial charge in [0.15, 0.2) is 6.29 Å². The third kappa shape index (κ3) is 10.4. The number of carboxylic acids is 1. The SMILES string of the molecule is CCCNC(=O)CCC(=O)C1Cc2ccccc2-c2nnn(CC(O)C(O)C3OC(OCC4OC(O)C(O)C(O)C4O)(C(=O)O)CC(O)C3NC(C)=O)c2-c2ccccc21.[Y]. The molecular weight excluding hydrogens is 879 g/mol. The average molecular weight is 931 g/mol. The van der Waals surface area contributed by atoms with E-state index in [0.29, 0.717) is 41.0 Å². The summed E-state index contributed by atoms with van der Waals surface area (Å²) in [6, 6.07) is 12.9. The Hall–Kier alpha value is -3.64. The van der Waals surface area contributed by atoms with E-state index in [-0.39, 0.29) is 57.2 Å². The number of aliphatic hydroxyl groups excluding tert-OH is 7. The van der Waals surface area contributed by atoms with Crippen molar-refractivity contribution < 1.29 is 107 Å². The molecule has 12 unspecified atom stereocenters. The van der Waals surface area contributed by atoms with Gasteiger partial charge in [0.25, 0.3) is 5.79 Å². The number of rotatable bonds is 15. The van der Waals surface area contributed by atoms with Crippen molar-refractivity contribution in [2.75, 3.05) is 13.2 Å². The first-order valence-corrected chi connectivity index (χ1v) is 19.7. The molecule has 12 atom stereocenters. The van der Waals surface area contributed by atoms with E-state index >= 15 is 0 Å². The molecular formula is C40H51N5O15Y. The number of hydrogen-bond acceptors (Lipinski definition) is 16. The van der Waals surface area contributed by atoms with Crippen LogP contribution in [0.4, 0.5) is 0 Å². The molecule has 2 saturated heterocycles. The molecule has 6 rings (SSSR count). The van der Waals surface area contributed by atoms with Gasteiger partial charge >= 0.3 is 5.97 Å². The van der Waals surface area contributed by atoms with Crippen LogP contribution < -0.4 is 10.6 Å². The molecule has 1 aliphatic carbocycles. The van der Waals surface area contributed by atoms with Crippen molar-refractivity contribution in [3.8, 4) is 22.5 Å². The van der Waals surface area contributed by atoms with Gasteiger partial charge in [0.2, 0.25) is 11.8 Å². The first-order chi connectivity index (χ1) is 28.6. The van der Waals surface area contributed by atoms with E-state index in [2.05, 4.69) is 20.9 Å². The number of fused-ring (bicyclic) bond motifs is 5. The van der Waals surface area contributed by atoms with Crippen molar-refractivity contribution in [3.63, 3.8) is 0 Å². The van der Waals surface area contributed by atoms with Gasteiger partial charge < -0.3 is 65.7 Å². The Morgan fingerprint density at radius 1 is 0.967 bits per heavy atom. The van der Waals surface area contributed by atoms with E-state index in [4.69, 9.17) is 14.2 Å². The molecule has 0 bridgehead atoms. The molecule has 3 aliphatic rings. The number of carboxylic acid groups (broad SMARTS) is 1. The van der Waals surface area contributed by atoms with Crippen LogP contribution in [-0.2, 0) is 79.1 Å². The van der Waals surface area contributed by atoms with Crippen molar-refractivity contribution in [2.24, 2.45) is 0 Å². The van der Waals surface area contributed by atoms with Gasteiger partial charge in [0, 0.05) is 82.5 Å². The summed E-state index contributed by atoms with van der Waals surface area (Å²) in [5.74, 6) is -6.42. The number of benzene rings is 2. The molecule has 2 amide bonds. The summed E-state index contributed by atoms with van der Waals surface area (Å²) in [4.78, 5) is 51.5. The second-order valence-electron chi connectivity index (χ2n) is 15.3. The van der Waals surface area contributed by atoms with Crippen LogP contribution in [0.3, 0.4) is 0 Å². The van der Waals surface area contributed by atoms with Crippen LogP contribution in [0.15, 0.2) is 48.5 Å². The van der Waals surface area contributed by atoms with Crippen LogP contribution in [-0.4, -0.2) is 160 Å². The number of nitrogens with one attached hydrogen (secondary N) is 2. The van der Waals surface area contributed by atoms with Gasteiger partial charge in [-0.2, -0.15) is 0 Å². The molecule has 1 aromatic heterocycles. The summed E-state index contributed by atoms with van der Waals surface area (Å²) in [5.41, 5.74) is 3.34. The zero-order valence-corrected chi connectivity index (χ0v) is 36.3. The maximum absolute atomic E-state index is 14.0. The van der Waals surface area contributed by atoms with E-state index in [9.17, 15) is 60.0 Å². The van der Waals surface area contributed by atoms with Crippen LogP contribution in [0.1, 0.15) is 56.6 Å². The van der Waals surface area contributed by atoms with Crippen molar-refractivity contribution in [3.05, 3.63) is 59.7 Å². The van der Waals surface area contributed by atoms with Crippen LogP contribution in [0.5, 0.6) is 0 Å². The standard InChI is InChI=1S/C40H51N5O15.Y/c1-3-14-41-29(50)13-12-25(47)24-15-20-8-4-5-9-21(20)30-32(23-11-7-6-10-22(23)24)45(44-43-30)17-27(49)33(51)37-31(42-19(2)46)26(48)16-40(60-37,39(56)57)58-18-28-34(52)35(53)36(54)38(55)59-28;/h4-11,24,26-28,31,33-38,48-49,51-55H,3,12-18H2,1-2H3,(H,41,50)(H,42,46)(H,56,57);. The molecule has 10 N–H and O–H groups in total. The molecule has 3 aromatic rings. The number of carbonyl (C=O) groups is 4. The molecule has 2 fully saturated rings. The number of ether oxygens (including phenoxy) is 3. The maximum atomic E-state index is 14.0. The number of amides is 2. The van der Waals surface area contributed by atoms with E-state index in [1.807, 2.05) is 25.1 Å². The number of aliphatic carboxylic acids is 1. The topological polar surface area (TPSA) is 313 Å².